The average molecular weight is 282 g/mol. The zero-order chi connectivity index (χ0) is 14.8. The van der Waals surface area contributed by atoms with Crippen molar-refractivity contribution in [3.05, 3.63) is 59.0 Å². The molecule has 0 atom stereocenters. The second-order valence-corrected chi connectivity index (χ2v) is 4.50. The van der Waals surface area contributed by atoms with Gasteiger partial charge in [0.05, 0.1) is 19.6 Å². The van der Waals surface area contributed by atoms with Crippen molar-refractivity contribution in [2.75, 3.05) is 14.2 Å². The molecule has 106 valence electrons. The maximum atomic E-state index is 12.1. The molecule has 0 radical (unpaired) electrons. The van der Waals surface area contributed by atoms with Crippen LogP contribution in [0.1, 0.15) is 0 Å². The van der Waals surface area contributed by atoms with E-state index in [1.165, 1.54) is 7.11 Å². The number of hydrogen-bond acceptors (Lipinski definition) is 4. The Morgan fingerprint density at radius 1 is 0.905 bits per heavy atom. The van der Waals surface area contributed by atoms with Crippen molar-refractivity contribution in [1.29, 1.82) is 0 Å². The van der Waals surface area contributed by atoms with Crippen LogP contribution in [0, 0.1) is 0 Å². The van der Waals surface area contributed by atoms with Gasteiger partial charge in [-0.1, -0.05) is 36.4 Å². The number of rotatable bonds is 3. The van der Waals surface area contributed by atoms with Crippen LogP contribution in [0.5, 0.6) is 11.5 Å². The predicted molar refractivity (Wildman–Crippen MR) is 81.0 cm³/mol. The van der Waals surface area contributed by atoms with E-state index in [2.05, 4.69) is 0 Å². The molecule has 0 saturated heterocycles. The molecule has 1 heterocycles. The van der Waals surface area contributed by atoms with Gasteiger partial charge >= 0.3 is 5.63 Å². The van der Waals surface area contributed by atoms with Crippen LogP contribution >= 0.6 is 0 Å². The number of hydrogen-bond donors (Lipinski definition) is 0. The van der Waals surface area contributed by atoms with E-state index in [0.29, 0.717) is 16.9 Å². The maximum absolute atomic E-state index is 12.1. The molecule has 3 aromatic rings. The van der Waals surface area contributed by atoms with Crippen molar-refractivity contribution >= 4 is 11.0 Å². The molecule has 0 aliphatic rings. The van der Waals surface area contributed by atoms with Crippen LogP contribution < -0.4 is 15.1 Å². The van der Waals surface area contributed by atoms with Crippen molar-refractivity contribution in [3.8, 4) is 22.6 Å². The van der Waals surface area contributed by atoms with E-state index in [-0.39, 0.29) is 5.75 Å². The Morgan fingerprint density at radius 2 is 1.67 bits per heavy atom. The van der Waals surface area contributed by atoms with E-state index < -0.39 is 5.63 Å². The lowest BCUT2D eigenvalue weighted by Crippen LogP contribution is -2.06. The molecule has 0 aliphatic carbocycles. The zero-order valence-corrected chi connectivity index (χ0v) is 11.8. The quantitative estimate of drug-likeness (QED) is 0.690. The van der Waals surface area contributed by atoms with Crippen molar-refractivity contribution < 1.29 is 13.9 Å². The fourth-order valence-corrected chi connectivity index (χ4v) is 2.44. The maximum Gasteiger partial charge on any atom is 0.379 e. The molecule has 0 bridgehead atoms. The zero-order valence-electron chi connectivity index (χ0n) is 11.8. The fourth-order valence-electron chi connectivity index (χ4n) is 2.44. The van der Waals surface area contributed by atoms with E-state index in [9.17, 15) is 4.79 Å². The highest BCUT2D eigenvalue weighted by Gasteiger charge is 2.19. The molecule has 0 amide bonds. The number of benzene rings is 2. The van der Waals surface area contributed by atoms with Crippen LogP contribution in [-0.2, 0) is 0 Å². The highest BCUT2D eigenvalue weighted by molar-refractivity contribution is 6.00. The standard InChI is InChI=1S/C17H14O4/c1-19-12-9-6-10-13-15(12)14(11-7-4-3-5-8-11)16(20-2)17(18)21-13/h3-10H,1-2H3. The summed E-state index contributed by atoms with van der Waals surface area (Å²) in [5.41, 5.74) is 1.52. The third-order valence-corrected chi connectivity index (χ3v) is 3.34. The summed E-state index contributed by atoms with van der Waals surface area (Å²) < 4.78 is 16.0. The Balaban J connectivity index is 2.52. The van der Waals surface area contributed by atoms with Gasteiger partial charge in [-0.25, -0.2) is 4.79 Å². The largest absolute Gasteiger partial charge is 0.496 e. The van der Waals surface area contributed by atoms with Crippen molar-refractivity contribution in [2.45, 2.75) is 0 Å². The minimum Gasteiger partial charge on any atom is -0.496 e. The third-order valence-electron chi connectivity index (χ3n) is 3.34. The topological polar surface area (TPSA) is 48.7 Å². The summed E-state index contributed by atoms with van der Waals surface area (Å²) in [6.45, 7) is 0. The van der Waals surface area contributed by atoms with Crippen LogP contribution in [0.15, 0.2) is 57.7 Å². The van der Waals surface area contributed by atoms with Crippen LogP contribution in [0.3, 0.4) is 0 Å². The summed E-state index contributed by atoms with van der Waals surface area (Å²) in [5, 5.41) is 0.725. The van der Waals surface area contributed by atoms with E-state index in [1.54, 1.807) is 19.2 Å². The number of methoxy groups -OCH3 is 2. The molecular formula is C17H14O4. The summed E-state index contributed by atoms with van der Waals surface area (Å²) >= 11 is 0. The van der Waals surface area contributed by atoms with Crippen molar-refractivity contribution in [1.82, 2.24) is 0 Å². The van der Waals surface area contributed by atoms with Gasteiger partial charge in [0, 0.05) is 5.56 Å². The lowest BCUT2D eigenvalue weighted by atomic mass is 10.0. The summed E-state index contributed by atoms with van der Waals surface area (Å²) in [4.78, 5) is 12.1. The molecular weight excluding hydrogens is 268 g/mol. The van der Waals surface area contributed by atoms with Gasteiger partial charge in [0.1, 0.15) is 11.3 Å². The highest BCUT2D eigenvalue weighted by Crippen LogP contribution is 2.39. The van der Waals surface area contributed by atoms with Gasteiger partial charge in [-0.3, -0.25) is 0 Å². The monoisotopic (exact) mass is 282 g/mol. The van der Waals surface area contributed by atoms with Gasteiger partial charge in [0.2, 0.25) is 5.75 Å². The van der Waals surface area contributed by atoms with Crippen LogP contribution in [0.4, 0.5) is 0 Å². The Kier molecular flexibility index (Phi) is 3.36. The van der Waals surface area contributed by atoms with Gasteiger partial charge < -0.3 is 13.9 Å². The second-order valence-electron chi connectivity index (χ2n) is 4.50. The van der Waals surface area contributed by atoms with Crippen molar-refractivity contribution in [3.63, 3.8) is 0 Å². The van der Waals surface area contributed by atoms with Crippen LogP contribution in [0.2, 0.25) is 0 Å². The summed E-state index contributed by atoms with van der Waals surface area (Å²) in [7, 11) is 3.04. The summed E-state index contributed by atoms with van der Waals surface area (Å²) in [6, 6.07) is 14.9. The Morgan fingerprint density at radius 3 is 2.33 bits per heavy atom. The molecule has 0 fully saturated rings. The highest BCUT2D eigenvalue weighted by atomic mass is 16.5. The molecule has 4 nitrogen and oxygen atoms in total. The number of fused-ring (bicyclic) bond motifs is 1. The van der Waals surface area contributed by atoms with Gasteiger partial charge in [0.15, 0.2) is 0 Å². The van der Waals surface area contributed by atoms with E-state index in [1.807, 2.05) is 36.4 Å². The SMILES string of the molecule is COc1c(-c2ccccc2)c2c(OC)cccc2oc1=O. The molecule has 1 aromatic heterocycles. The first-order valence-corrected chi connectivity index (χ1v) is 6.49. The first-order valence-electron chi connectivity index (χ1n) is 6.49. The second kappa shape index (κ2) is 5.32. The molecule has 2 aromatic carbocycles. The van der Waals surface area contributed by atoms with Crippen LogP contribution in [-0.4, -0.2) is 14.2 Å². The van der Waals surface area contributed by atoms with Gasteiger partial charge in [-0.15, -0.1) is 0 Å². The lowest BCUT2D eigenvalue weighted by molar-refractivity contribution is 0.385. The first kappa shape index (κ1) is 13.2. The predicted octanol–water partition coefficient (Wildman–Crippen LogP) is 3.48. The molecule has 0 unspecified atom stereocenters. The van der Waals surface area contributed by atoms with E-state index in [4.69, 9.17) is 13.9 Å². The minimum absolute atomic E-state index is 0.179. The number of ether oxygens (including phenoxy) is 2. The minimum atomic E-state index is -0.503. The molecule has 0 N–H and O–H groups in total. The molecule has 4 heteroatoms. The fraction of sp³-hybridized carbons (Fsp3) is 0.118. The summed E-state index contributed by atoms with van der Waals surface area (Å²) in [6.07, 6.45) is 0. The Bertz CT molecular complexity index is 835. The molecule has 3 rings (SSSR count). The first-order chi connectivity index (χ1) is 10.3. The van der Waals surface area contributed by atoms with Gasteiger partial charge in [0.25, 0.3) is 0 Å². The molecule has 0 spiro atoms. The van der Waals surface area contributed by atoms with E-state index >= 15 is 0 Å². The molecule has 0 saturated carbocycles. The smallest absolute Gasteiger partial charge is 0.379 e. The van der Waals surface area contributed by atoms with Gasteiger partial charge in [-0.2, -0.15) is 0 Å². The van der Waals surface area contributed by atoms with Crippen molar-refractivity contribution in [2.24, 2.45) is 0 Å². The van der Waals surface area contributed by atoms with Gasteiger partial charge in [-0.05, 0) is 17.7 Å². The summed E-state index contributed by atoms with van der Waals surface area (Å²) in [5.74, 6) is 0.812. The lowest BCUT2D eigenvalue weighted by Gasteiger charge is -2.13. The Hall–Kier alpha value is -2.75. The normalized spacial score (nSPS) is 10.6. The molecule has 21 heavy (non-hydrogen) atoms. The van der Waals surface area contributed by atoms with E-state index in [0.717, 1.165) is 10.9 Å². The molecule has 0 aliphatic heterocycles. The average Bonchev–Trinajstić information content (AvgIpc) is 2.53. The third kappa shape index (κ3) is 2.14. The Labute approximate surface area is 121 Å². The van der Waals surface area contributed by atoms with Crippen LogP contribution in [0.25, 0.3) is 22.1 Å².